The van der Waals surface area contributed by atoms with Crippen LogP contribution in [0.25, 0.3) is 32.4 Å². The minimum atomic E-state index is 0.792. The molecule has 6 heteroatoms. The molecule has 132 valence electrons. The van der Waals surface area contributed by atoms with E-state index in [1.54, 1.807) is 22.7 Å². The average molecular weight is 389 g/mol. The number of nitrogens with zero attached hydrogens (tertiary/aromatic N) is 3. The molecule has 27 heavy (non-hydrogen) atoms. The monoisotopic (exact) mass is 388 g/mol. The summed E-state index contributed by atoms with van der Waals surface area (Å²) in [5, 5.41) is 11.8. The van der Waals surface area contributed by atoms with Gasteiger partial charge in [0, 0.05) is 34.2 Å². The first-order chi connectivity index (χ1) is 13.3. The zero-order valence-electron chi connectivity index (χ0n) is 14.6. The Labute approximate surface area is 164 Å². The quantitative estimate of drug-likeness (QED) is 0.305. The van der Waals surface area contributed by atoms with Gasteiger partial charge < -0.3 is 4.57 Å². The Morgan fingerprint density at radius 1 is 1.00 bits per heavy atom. The number of benzene rings is 2. The van der Waals surface area contributed by atoms with Crippen LogP contribution in [0.3, 0.4) is 0 Å². The van der Waals surface area contributed by atoms with Crippen LogP contribution in [0.15, 0.2) is 70.5 Å². The largest absolute Gasteiger partial charge is 0.344 e. The summed E-state index contributed by atoms with van der Waals surface area (Å²) < 4.78 is 2.23. The van der Waals surface area contributed by atoms with Crippen molar-refractivity contribution in [1.82, 2.24) is 9.55 Å². The Bertz CT molecular complexity index is 1260. The number of para-hydroxylation sites is 1. The highest BCUT2D eigenvalue weighted by Crippen LogP contribution is 2.29. The molecule has 0 saturated heterocycles. The molecule has 0 aliphatic rings. The van der Waals surface area contributed by atoms with Crippen LogP contribution in [-0.2, 0) is 7.05 Å². The van der Waals surface area contributed by atoms with E-state index >= 15 is 0 Å². The summed E-state index contributed by atoms with van der Waals surface area (Å²) in [6.07, 6.45) is 1.84. The fourth-order valence-corrected chi connectivity index (χ4v) is 4.71. The lowest BCUT2D eigenvalue weighted by atomic mass is 10.1. The molecule has 0 saturated carbocycles. The summed E-state index contributed by atoms with van der Waals surface area (Å²) in [4.78, 5) is 5.75. The van der Waals surface area contributed by atoms with E-state index in [4.69, 9.17) is 0 Å². The maximum absolute atomic E-state index is 4.58. The number of rotatable bonds is 4. The summed E-state index contributed by atoms with van der Waals surface area (Å²) in [7, 11) is 2.10. The lowest BCUT2D eigenvalue weighted by Crippen LogP contribution is -1.90. The molecule has 0 bridgehead atoms. The molecule has 3 aromatic heterocycles. The molecule has 0 atom stereocenters. The molecule has 0 unspecified atom stereocenters. The van der Waals surface area contributed by atoms with E-state index in [9.17, 15) is 0 Å². The molecule has 1 N–H and O–H groups in total. The zero-order valence-corrected chi connectivity index (χ0v) is 16.2. The fraction of sp³-hybridized carbons (Fsp3) is 0.0476. The van der Waals surface area contributed by atoms with Crippen molar-refractivity contribution < 1.29 is 0 Å². The van der Waals surface area contributed by atoms with E-state index in [1.165, 1.54) is 26.7 Å². The number of thiophene rings is 1. The van der Waals surface area contributed by atoms with E-state index in [2.05, 4.69) is 81.0 Å². The van der Waals surface area contributed by atoms with Crippen LogP contribution in [0.4, 0.5) is 5.13 Å². The van der Waals surface area contributed by atoms with Crippen molar-refractivity contribution in [3.05, 3.63) is 70.9 Å². The van der Waals surface area contributed by atoms with Gasteiger partial charge in [-0.25, -0.2) is 4.98 Å². The molecular weight excluding hydrogens is 372 g/mol. The third-order valence-electron chi connectivity index (χ3n) is 4.59. The number of aryl methyl sites for hydroxylation is 1. The summed E-state index contributed by atoms with van der Waals surface area (Å²) in [6.45, 7) is 0. The third-order valence-corrected chi connectivity index (χ3v) is 6.23. The molecule has 0 fully saturated rings. The number of hydrogen-bond acceptors (Lipinski definition) is 5. The van der Waals surface area contributed by atoms with Gasteiger partial charge in [-0.3, -0.25) is 5.43 Å². The SMILES string of the molecule is Cn1c2ccccc2c2cc(/C=N/Nc3nc(-c4cccs4)cs3)ccc21. The van der Waals surface area contributed by atoms with E-state index in [-0.39, 0.29) is 0 Å². The molecule has 0 spiro atoms. The summed E-state index contributed by atoms with van der Waals surface area (Å²) >= 11 is 3.25. The summed E-state index contributed by atoms with van der Waals surface area (Å²) in [5.74, 6) is 0. The van der Waals surface area contributed by atoms with Crippen molar-refractivity contribution in [3.63, 3.8) is 0 Å². The second-order valence-corrected chi connectivity index (χ2v) is 8.04. The highest BCUT2D eigenvalue weighted by atomic mass is 32.1. The highest BCUT2D eigenvalue weighted by molar-refractivity contribution is 7.15. The predicted molar refractivity (Wildman–Crippen MR) is 117 cm³/mol. The van der Waals surface area contributed by atoms with Crippen molar-refractivity contribution in [2.45, 2.75) is 0 Å². The van der Waals surface area contributed by atoms with E-state index in [0.717, 1.165) is 16.4 Å². The molecule has 2 aromatic carbocycles. The van der Waals surface area contributed by atoms with Crippen LogP contribution >= 0.6 is 22.7 Å². The second kappa shape index (κ2) is 6.64. The van der Waals surface area contributed by atoms with Gasteiger partial charge in [-0.2, -0.15) is 5.10 Å². The van der Waals surface area contributed by atoms with Crippen molar-refractivity contribution in [1.29, 1.82) is 0 Å². The van der Waals surface area contributed by atoms with Gasteiger partial charge in [0.15, 0.2) is 0 Å². The van der Waals surface area contributed by atoms with E-state index in [1.807, 2.05) is 17.7 Å². The highest BCUT2D eigenvalue weighted by Gasteiger charge is 2.08. The number of hydrazone groups is 1. The minimum Gasteiger partial charge on any atom is -0.344 e. The van der Waals surface area contributed by atoms with Crippen LogP contribution in [0.2, 0.25) is 0 Å². The molecular formula is C21H16N4S2. The molecule has 0 amide bonds. The van der Waals surface area contributed by atoms with Crippen LogP contribution in [0.1, 0.15) is 5.56 Å². The Morgan fingerprint density at radius 2 is 1.89 bits per heavy atom. The minimum absolute atomic E-state index is 0.792. The predicted octanol–water partition coefficient (Wildman–Crippen LogP) is 5.96. The fourth-order valence-electron chi connectivity index (χ4n) is 3.29. The van der Waals surface area contributed by atoms with Gasteiger partial charge in [-0.15, -0.1) is 22.7 Å². The maximum Gasteiger partial charge on any atom is 0.203 e. The standard InChI is InChI=1S/C21H16N4S2/c1-25-18-6-3-2-5-15(18)16-11-14(8-9-19(16)25)12-22-24-21-23-17(13-27-21)20-7-4-10-26-20/h2-13H,1H3,(H,23,24)/b22-12+. The maximum atomic E-state index is 4.58. The molecule has 5 rings (SSSR count). The molecule has 4 nitrogen and oxygen atoms in total. The van der Waals surface area contributed by atoms with Gasteiger partial charge >= 0.3 is 0 Å². The number of anilines is 1. The molecule has 3 heterocycles. The first kappa shape index (κ1) is 16.2. The Hall–Kier alpha value is -2.96. The zero-order chi connectivity index (χ0) is 18.2. The lowest BCUT2D eigenvalue weighted by Gasteiger charge is -1.98. The smallest absolute Gasteiger partial charge is 0.203 e. The first-order valence-electron chi connectivity index (χ1n) is 8.55. The Morgan fingerprint density at radius 3 is 2.78 bits per heavy atom. The van der Waals surface area contributed by atoms with Crippen molar-refractivity contribution in [2.75, 3.05) is 5.43 Å². The normalized spacial score (nSPS) is 11.7. The van der Waals surface area contributed by atoms with Gasteiger partial charge in [0.2, 0.25) is 5.13 Å². The number of nitrogens with one attached hydrogen (secondary N) is 1. The van der Waals surface area contributed by atoms with Crippen LogP contribution in [-0.4, -0.2) is 15.8 Å². The van der Waals surface area contributed by atoms with Crippen molar-refractivity contribution in [2.24, 2.45) is 12.1 Å². The third kappa shape index (κ3) is 2.93. The van der Waals surface area contributed by atoms with Gasteiger partial charge in [0.25, 0.3) is 0 Å². The van der Waals surface area contributed by atoms with Crippen molar-refractivity contribution in [3.8, 4) is 10.6 Å². The van der Waals surface area contributed by atoms with E-state index < -0.39 is 0 Å². The second-order valence-electron chi connectivity index (χ2n) is 6.24. The van der Waals surface area contributed by atoms with Gasteiger partial charge in [0.05, 0.1) is 16.8 Å². The Kier molecular flexibility index (Phi) is 3.99. The number of aromatic nitrogens is 2. The van der Waals surface area contributed by atoms with Gasteiger partial charge in [-0.05, 0) is 35.2 Å². The van der Waals surface area contributed by atoms with Gasteiger partial charge in [0.1, 0.15) is 0 Å². The van der Waals surface area contributed by atoms with Gasteiger partial charge in [-0.1, -0.05) is 30.3 Å². The number of fused-ring (bicyclic) bond motifs is 3. The summed E-state index contributed by atoms with van der Waals surface area (Å²) in [5.41, 5.74) is 7.55. The molecule has 0 aliphatic heterocycles. The number of thiazole rings is 1. The Balaban J connectivity index is 1.40. The molecule has 0 radical (unpaired) electrons. The van der Waals surface area contributed by atoms with Crippen molar-refractivity contribution >= 4 is 55.8 Å². The lowest BCUT2D eigenvalue weighted by molar-refractivity contribution is 1.01. The molecule has 5 aromatic rings. The average Bonchev–Trinajstić information content (AvgIpc) is 3.43. The number of hydrogen-bond donors (Lipinski definition) is 1. The molecule has 0 aliphatic carbocycles. The van der Waals surface area contributed by atoms with Crippen LogP contribution in [0.5, 0.6) is 0 Å². The van der Waals surface area contributed by atoms with Crippen LogP contribution in [0, 0.1) is 0 Å². The van der Waals surface area contributed by atoms with Crippen LogP contribution < -0.4 is 5.43 Å². The summed E-state index contributed by atoms with van der Waals surface area (Å²) in [6, 6.07) is 19.0. The topological polar surface area (TPSA) is 42.2 Å². The van der Waals surface area contributed by atoms with E-state index in [0.29, 0.717) is 0 Å². The first-order valence-corrected chi connectivity index (χ1v) is 10.3.